The van der Waals surface area contributed by atoms with E-state index in [4.69, 9.17) is 11.6 Å². The van der Waals surface area contributed by atoms with E-state index >= 15 is 0 Å². The van der Waals surface area contributed by atoms with Crippen molar-refractivity contribution in [3.05, 3.63) is 65.2 Å². The molecule has 0 spiro atoms. The van der Waals surface area contributed by atoms with Crippen molar-refractivity contribution in [3.63, 3.8) is 0 Å². The van der Waals surface area contributed by atoms with Crippen molar-refractivity contribution in [2.45, 2.75) is 24.1 Å². The van der Waals surface area contributed by atoms with Crippen LogP contribution >= 0.6 is 11.6 Å². The summed E-state index contributed by atoms with van der Waals surface area (Å²) in [6, 6.07) is 14.5. The topological polar surface area (TPSA) is 46.2 Å². The van der Waals surface area contributed by atoms with Crippen molar-refractivity contribution in [2.24, 2.45) is 0 Å². The Morgan fingerprint density at radius 1 is 0.952 bits per heavy atom. The molecule has 0 aliphatic rings. The lowest BCUT2D eigenvalue weighted by atomic mass is 10.1. The first-order valence-electron chi connectivity index (χ1n) is 6.65. The fourth-order valence-electron chi connectivity index (χ4n) is 1.88. The number of sulfonamides is 1. The van der Waals surface area contributed by atoms with Crippen LogP contribution in [0.25, 0.3) is 0 Å². The molecule has 0 fully saturated rings. The first-order chi connectivity index (χ1) is 9.88. The molecule has 5 heteroatoms. The van der Waals surface area contributed by atoms with E-state index in [0.717, 1.165) is 16.7 Å². The maximum Gasteiger partial charge on any atom is 0.240 e. The second-order valence-electron chi connectivity index (χ2n) is 5.04. The van der Waals surface area contributed by atoms with E-state index < -0.39 is 15.4 Å². The molecule has 3 nitrogen and oxygen atoms in total. The molecule has 0 aliphatic carbocycles. The summed E-state index contributed by atoms with van der Waals surface area (Å²) in [5, 5.41) is -0.397. The first kappa shape index (κ1) is 16.0. The van der Waals surface area contributed by atoms with Gasteiger partial charge in [0.15, 0.2) is 0 Å². The van der Waals surface area contributed by atoms with Gasteiger partial charge >= 0.3 is 0 Å². The van der Waals surface area contributed by atoms with Crippen molar-refractivity contribution in [1.29, 1.82) is 0 Å². The lowest BCUT2D eigenvalue weighted by molar-refractivity contribution is 0.580. The molecule has 2 rings (SSSR count). The van der Waals surface area contributed by atoms with E-state index in [1.807, 2.05) is 38.1 Å². The molecule has 2 aromatic rings. The molecule has 21 heavy (non-hydrogen) atoms. The third-order valence-corrected chi connectivity index (χ3v) is 5.07. The van der Waals surface area contributed by atoms with Crippen molar-refractivity contribution in [2.75, 3.05) is 6.54 Å². The lowest BCUT2D eigenvalue weighted by Crippen LogP contribution is -2.27. The van der Waals surface area contributed by atoms with Crippen LogP contribution in [0.5, 0.6) is 0 Å². The van der Waals surface area contributed by atoms with E-state index in [0.29, 0.717) is 0 Å². The van der Waals surface area contributed by atoms with Crippen LogP contribution in [-0.4, -0.2) is 15.0 Å². The van der Waals surface area contributed by atoms with Crippen molar-refractivity contribution < 1.29 is 8.42 Å². The van der Waals surface area contributed by atoms with Crippen LogP contribution in [0, 0.1) is 13.8 Å². The van der Waals surface area contributed by atoms with Gasteiger partial charge in [0.2, 0.25) is 10.0 Å². The minimum atomic E-state index is -3.52. The van der Waals surface area contributed by atoms with Gasteiger partial charge in [-0.25, -0.2) is 13.1 Å². The molecule has 0 radical (unpaired) electrons. The molecule has 0 amide bonds. The summed E-state index contributed by atoms with van der Waals surface area (Å²) in [5.41, 5.74) is 3.06. The van der Waals surface area contributed by atoms with Gasteiger partial charge in [-0.15, -0.1) is 11.6 Å². The molecular formula is C16H18ClNO2S. The molecule has 1 N–H and O–H groups in total. The second-order valence-corrected chi connectivity index (χ2v) is 7.34. The number of benzene rings is 2. The average Bonchev–Trinajstić information content (AvgIpc) is 2.46. The number of halogens is 1. The van der Waals surface area contributed by atoms with Gasteiger partial charge in [-0.05, 0) is 31.5 Å². The van der Waals surface area contributed by atoms with Gasteiger partial charge < -0.3 is 0 Å². The highest BCUT2D eigenvalue weighted by Crippen LogP contribution is 2.20. The summed E-state index contributed by atoms with van der Waals surface area (Å²) in [7, 11) is -3.52. The van der Waals surface area contributed by atoms with Crippen LogP contribution in [0.15, 0.2) is 53.4 Å². The fourth-order valence-corrected chi connectivity index (χ4v) is 3.24. The van der Waals surface area contributed by atoms with Gasteiger partial charge in [0.05, 0.1) is 10.3 Å². The van der Waals surface area contributed by atoms with Gasteiger partial charge in [0, 0.05) is 6.54 Å². The van der Waals surface area contributed by atoms with Crippen molar-refractivity contribution in [3.8, 4) is 0 Å². The minimum absolute atomic E-state index is 0.154. The molecule has 0 aromatic heterocycles. The first-order valence-corrected chi connectivity index (χ1v) is 8.57. The van der Waals surface area contributed by atoms with Crippen LogP contribution in [0.1, 0.15) is 22.1 Å². The minimum Gasteiger partial charge on any atom is -0.209 e. The standard InChI is InChI=1S/C16H18ClNO2S/c1-12-3-7-14(8-4-12)16(17)11-18-21(19,20)15-9-5-13(2)6-10-15/h3-10,16,18H,11H2,1-2H3. The Hall–Kier alpha value is -1.36. The highest BCUT2D eigenvalue weighted by Gasteiger charge is 2.16. The largest absolute Gasteiger partial charge is 0.240 e. The maximum atomic E-state index is 12.2. The third kappa shape index (κ3) is 4.30. The Morgan fingerprint density at radius 2 is 1.43 bits per heavy atom. The van der Waals surface area contributed by atoms with E-state index in [-0.39, 0.29) is 11.4 Å². The Morgan fingerprint density at radius 3 is 1.95 bits per heavy atom. The number of alkyl halides is 1. The van der Waals surface area contributed by atoms with Crippen LogP contribution in [0.2, 0.25) is 0 Å². The van der Waals surface area contributed by atoms with E-state index in [2.05, 4.69) is 4.72 Å². The zero-order chi connectivity index (χ0) is 15.5. The van der Waals surface area contributed by atoms with Gasteiger partial charge in [-0.3, -0.25) is 0 Å². The Bertz CT molecular complexity index is 694. The third-order valence-electron chi connectivity index (χ3n) is 3.22. The molecule has 0 aliphatic heterocycles. The van der Waals surface area contributed by atoms with Gasteiger partial charge in [0.25, 0.3) is 0 Å². The van der Waals surface area contributed by atoms with Crippen molar-refractivity contribution >= 4 is 21.6 Å². The Balaban J connectivity index is 2.04. The maximum absolute atomic E-state index is 12.2. The molecule has 0 saturated carbocycles. The molecular weight excluding hydrogens is 306 g/mol. The fraction of sp³-hybridized carbons (Fsp3) is 0.250. The predicted octanol–water partition coefficient (Wildman–Crippen LogP) is 3.56. The molecule has 0 heterocycles. The van der Waals surface area contributed by atoms with Crippen LogP contribution in [0.3, 0.4) is 0 Å². The zero-order valence-corrected chi connectivity index (χ0v) is 13.6. The molecule has 112 valence electrons. The second kappa shape index (κ2) is 6.60. The number of nitrogens with one attached hydrogen (secondary N) is 1. The smallest absolute Gasteiger partial charge is 0.209 e. The quantitative estimate of drug-likeness (QED) is 0.855. The van der Waals surface area contributed by atoms with E-state index in [1.165, 1.54) is 0 Å². The predicted molar refractivity (Wildman–Crippen MR) is 86.1 cm³/mol. The monoisotopic (exact) mass is 323 g/mol. The van der Waals surface area contributed by atoms with Crippen LogP contribution < -0.4 is 4.72 Å². The summed E-state index contributed by atoms with van der Waals surface area (Å²) in [6.45, 7) is 4.06. The number of rotatable bonds is 5. The van der Waals surface area contributed by atoms with Crippen LogP contribution in [0.4, 0.5) is 0 Å². The Labute approximate surface area is 131 Å². The zero-order valence-electron chi connectivity index (χ0n) is 12.0. The average molecular weight is 324 g/mol. The molecule has 0 saturated heterocycles. The lowest BCUT2D eigenvalue weighted by Gasteiger charge is -2.12. The molecule has 1 unspecified atom stereocenters. The highest BCUT2D eigenvalue weighted by atomic mass is 35.5. The van der Waals surface area contributed by atoms with Gasteiger partial charge in [-0.1, -0.05) is 47.5 Å². The van der Waals surface area contributed by atoms with Crippen LogP contribution in [-0.2, 0) is 10.0 Å². The molecule has 0 bridgehead atoms. The molecule has 1 atom stereocenters. The Kier molecular flexibility index (Phi) is 5.04. The van der Waals surface area contributed by atoms with Gasteiger partial charge in [-0.2, -0.15) is 0 Å². The summed E-state index contributed by atoms with van der Waals surface area (Å²) in [6.07, 6.45) is 0. The summed E-state index contributed by atoms with van der Waals surface area (Å²) in [5.74, 6) is 0. The summed E-state index contributed by atoms with van der Waals surface area (Å²) >= 11 is 6.25. The van der Waals surface area contributed by atoms with Crippen molar-refractivity contribution in [1.82, 2.24) is 4.72 Å². The SMILES string of the molecule is Cc1ccc(C(Cl)CNS(=O)(=O)c2ccc(C)cc2)cc1. The van der Waals surface area contributed by atoms with Gasteiger partial charge in [0.1, 0.15) is 0 Å². The van der Waals surface area contributed by atoms with E-state index in [1.54, 1.807) is 24.3 Å². The number of hydrogen-bond donors (Lipinski definition) is 1. The molecule has 2 aromatic carbocycles. The number of hydrogen-bond acceptors (Lipinski definition) is 2. The summed E-state index contributed by atoms with van der Waals surface area (Å²) in [4.78, 5) is 0.251. The summed E-state index contributed by atoms with van der Waals surface area (Å²) < 4.78 is 26.9. The van der Waals surface area contributed by atoms with E-state index in [9.17, 15) is 8.42 Å². The number of aryl methyl sites for hydroxylation is 2. The normalized spacial score (nSPS) is 13.1. The highest BCUT2D eigenvalue weighted by molar-refractivity contribution is 7.89.